The number of hydrogen-bond acceptors (Lipinski definition) is 2. The van der Waals surface area contributed by atoms with Crippen LogP contribution in [0.5, 0.6) is 0 Å². The fourth-order valence-corrected chi connectivity index (χ4v) is 3.05. The fraction of sp³-hybridized carbons (Fsp3) is 0.625. The summed E-state index contributed by atoms with van der Waals surface area (Å²) in [5.74, 6) is 0.886. The van der Waals surface area contributed by atoms with E-state index in [9.17, 15) is 0 Å². The van der Waals surface area contributed by atoms with Gasteiger partial charge in [0.2, 0.25) is 0 Å². The highest BCUT2D eigenvalue weighted by molar-refractivity contribution is 9.10. The molecule has 106 valence electrons. The maximum atomic E-state index is 3.71. The van der Waals surface area contributed by atoms with Gasteiger partial charge in [-0.25, -0.2) is 0 Å². The van der Waals surface area contributed by atoms with Gasteiger partial charge < -0.3 is 10.2 Å². The van der Waals surface area contributed by atoms with E-state index in [0.717, 1.165) is 19.0 Å². The molecule has 3 heteroatoms. The molecule has 0 spiro atoms. The molecule has 0 radical (unpaired) electrons. The van der Waals surface area contributed by atoms with Crippen molar-refractivity contribution >= 4 is 21.6 Å². The molecule has 0 saturated carbocycles. The SMILES string of the molecule is CCCNCc1ccc(N2CCC(C)CC2)cc1Br. The van der Waals surface area contributed by atoms with Gasteiger partial charge in [0.15, 0.2) is 0 Å². The number of rotatable bonds is 5. The van der Waals surface area contributed by atoms with Crippen molar-refractivity contribution in [3.05, 3.63) is 28.2 Å². The van der Waals surface area contributed by atoms with Crippen molar-refractivity contribution in [3.63, 3.8) is 0 Å². The van der Waals surface area contributed by atoms with Gasteiger partial charge in [-0.15, -0.1) is 0 Å². The molecule has 1 heterocycles. The Labute approximate surface area is 125 Å². The minimum Gasteiger partial charge on any atom is -0.371 e. The molecular weight excluding hydrogens is 300 g/mol. The smallest absolute Gasteiger partial charge is 0.0377 e. The van der Waals surface area contributed by atoms with E-state index in [1.165, 1.54) is 48.1 Å². The Bertz CT molecular complexity index is 398. The molecule has 1 aliphatic rings. The zero-order valence-corrected chi connectivity index (χ0v) is 13.7. The van der Waals surface area contributed by atoms with Gasteiger partial charge in [0.25, 0.3) is 0 Å². The molecule has 0 aliphatic carbocycles. The zero-order chi connectivity index (χ0) is 13.7. The highest BCUT2D eigenvalue weighted by Gasteiger charge is 2.16. The Kier molecular flexibility index (Phi) is 5.71. The first-order chi connectivity index (χ1) is 9.20. The normalized spacial score (nSPS) is 16.9. The fourth-order valence-electron chi connectivity index (χ4n) is 2.54. The Morgan fingerprint density at radius 3 is 2.68 bits per heavy atom. The van der Waals surface area contributed by atoms with Crippen LogP contribution in [0, 0.1) is 5.92 Å². The van der Waals surface area contributed by atoms with Crippen molar-refractivity contribution in [2.24, 2.45) is 5.92 Å². The minimum atomic E-state index is 0.886. The van der Waals surface area contributed by atoms with Crippen molar-refractivity contribution in [1.29, 1.82) is 0 Å². The third kappa shape index (κ3) is 4.22. The molecule has 1 N–H and O–H groups in total. The van der Waals surface area contributed by atoms with E-state index < -0.39 is 0 Å². The summed E-state index contributed by atoms with van der Waals surface area (Å²) in [5, 5.41) is 3.45. The second kappa shape index (κ2) is 7.30. The predicted molar refractivity (Wildman–Crippen MR) is 86.8 cm³/mol. The lowest BCUT2D eigenvalue weighted by Gasteiger charge is -2.32. The van der Waals surface area contributed by atoms with Crippen LogP contribution in [0.3, 0.4) is 0 Å². The summed E-state index contributed by atoms with van der Waals surface area (Å²) in [5.41, 5.74) is 2.71. The van der Waals surface area contributed by atoms with E-state index >= 15 is 0 Å². The topological polar surface area (TPSA) is 15.3 Å². The molecule has 0 amide bonds. The molecule has 1 aromatic rings. The average molecular weight is 325 g/mol. The number of piperidine rings is 1. The first kappa shape index (κ1) is 14.9. The first-order valence-electron chi connectivity index (χ1n) is 7.44. The van der Waals surface area contributed by atoms with Crippen LogP contribution in [0.15, 0.2) is 22.7 Å². The van der Waals surface area contributed by atoms with Crippen molar-refractivity contribution in [1.82, 2.24) is 5.32 Å². The van der Waals surface area contributed by atoms with Crippen molar-refractivity contribution in [3.8, 4) is 0 Å². The van der Waals surface area contributed by atoms with Crippen LogP contribution >= 0.6 is 15.9 Å². The summed E-state index contributed by atoms with van der Waals surface area (Å²) in [4.78, 5) is 2.51. The van der Waals surface area contributed by atoms with Gasteiger partial charge >= 0.3 is 0 Å². The Morgan fingerprint density at radius 1 is 1.32 bits per heavy atom. The van der Waals surface area contributed by atoms with Gasteiger partial charge in [0, 0.05) is 29.8 Å². The zero-order valence-electron chi connectivity index (χ0n) is 12.1. The molecule has 1 aliphatic heterocycles. The Hall–Kier alpha value is -0.540. The van der Waals surface area contributed by atoms with Crippen LogP contribution in [-0.2, 0) is 6.54 Å². The van der Waals surface area contributed by atoms with Crippen LogP contribution in [0.1, 0.15) is 38.7 Å². The maximum Gasteiger partial charge on any atom is 0.0377 e. The number of nitrogens with one attached hydrogen (secondary N) is 1. The molecule has 0 unspecified atom stereocenters. The van der Waals surface area contributed by atoms with Gasteiger partial charge in [0.05, 0.1) is 0 Å². The molecule has 0 aromatic heterocycles. The van der Waals surface area contributed by atoms with Gasteiger partial charge in [-0.3, -0.25) is 0 Å². The van der Waals surface area contributed by atoms with Gasteiger partial charge in [-0.2, -0.15) is 0 Å². The van der Waals surface area contributed by atoms with Crippen LogP contribution in [0.25, 0.3) is 0 Å². The summed E-state index contributed by atoms with van der Waals surface area (Å²) >= 11 is 3.71. The molecule has 2 nitrogen and oxygen atoms in total. The molecule has 1 saturated heterocycles. The average Bonchev–Trinajstić information content (AvgIpc) is 2.42. The summed E-state index contributed by atoms with van der Waals surface area (Å²) in [7, 11) is 0. The van der Waals surface area contributed by atoms with Gasteiger partial charge in [-0.05, 0) is 49.4 Å². The van der Waals surface area contributed by atoms with E-state index in [0.29, 0.717) is 0 Å². The molecule has 1 fully saturated rings. The van der Waals surface area contributed by atoms with Crippen LogP contribution in [0.4, 0.5) is 5.69 Å². The van der Waals surface area contributed by atoms with Crippen LogP contribution in [0.2, 0.25) is 0 Å². The molecule has 0 bridgehead atoms. The predicted octanol–water partition coefficient (Wildman–Crippen LogP) is 4.19. The maximum absolute atomic E-state index is 3.71. The van der Waals surface area contributed by atoms with Crippen LogP contribution < -0.4 is 10.2 Å². The van der Waals surface area contributed by atoms with E-state index in [1.807, 2.05) is 0 Å². The van der Waals surface area contributed by atoms with Gasteiger partial charge in [-0.1, -0.05) is 35.8 Å². The summed E-state index contributed by atoms with van der Waals surface area (Å²) < 4.78 is 1.23. The second-order valence-electron chi connectivity index (χ2n) is 5.62. The van der Waals surface area contributed by atoms with Gasteiger partial charge in [0.1, 0.15) is 0 Å². The Balaban J connectivity index is 1.98. The van der Waals surface area contributed by atoms with E-state index in [2.05, 4.69) is 58.2 Å². The molecule has 1 aromatic carbocycles. The number of halogens is 1. The van der Waals surface area contributed by atoms with E-state index in [1.54, 1.807) is 0 Å². The molecular formula is C16H25BrN2. The number of anilines is 1. The summed E-state index contributed by atoms with van der Waals surface area (Å²) in [6.07, 6.45) is 3.82. The minimum absolute atomic E-state index is 0.886. The molecule has 2 rings (SSSR count). The highest BCUT2D eigenvalue weighted by atomic mass is 79.9. The summed E-state index contributed by atoms with van der Waals surface area (Å²) in [6.45, 7) is 8.98. The lowest BCUT2D eigenvalue weighted by atomic mass is 9.99. The van der Waals surface area contributed by atoms with E-state index in [4.69, 9.17) is 0 Å². The van der Waals surface area contributed by atoms with Crippen molar-refractivity contribution in [2.45, 2.75) is 39.7 Å². The lowest BCUT2D eigenvalue weighted by Crippen LogP contribution is -2.32. The van der Waals surface area contributed by atoms with E-state index in [-0.39, 0.29) is 0 Å². The standard InChI is InChI=1S/C16H25BrN2/c1-3-8-18-12-14-4-5-15(11-16(14)17)19-9-6-13(2)7-10-19/h4-5,11,13,18H,3,6-10,12H2,1-2H3. The third-order valence-electron chi connectivity index (χ3n) is 3.93. The quantitative estimate of drug-likeness (QED) is 0.817. The largest absolute Gasteiger partial charge is 0.371 e. The second-order valence-corrected chi connectivity index (χ2v) is 6.48. The molecule has 19 heavy (non-hydrogen) atoms. The third-order valence-corrected chi connectivity index (χ3v) is 4.67. The lowest BCUT2D eigenvalue weighted by molar-refractivity contribution is 0.438. The highest BCUT2D eigenvalue weighted by Crippen LogP contribution is 2.27. The van der Waals surface area contributed by atoms with Crippen molar-refractivity contribution in [2.75, 3.05) is 24.5 Å². The number of nitrogens with zero attached hydrogens (tertiary/aromatic N) is 1. The Morgan fingerprint density at radius 2 is 2.05 bits per heavy atom. The molecule has 0 atom stereocenters. The summed E-state index contributed by atoms with van der Waals surface area (Å²) in [6, 6.07) is 6.79. The number of benzene rings is 1. The monoisotopic (exact) mass is 324 g/mol. The van der Waals surface area contributed by atoms with Crippen molar-refractivity contribution < 1.29 is 0 Å². The van der Waals surface area contributed by atoms with Crippen LogP contribution in [-0.4, -0.2) is 19.6 Å². The number of hydrogen-bond donors (Lipinski definition) is 1. The first-order valence-corrected chi connectivity index (χ1v) is 8.24.